The van der Waals surface area contributed by atoms with Gasteiger partial charge in [-0.1, -0.05) is 78.3 Å². The van der Waals surface area contributed by atoms with E-state index < -0.39 is 29.3 Å². The molecule has 304 valence electrons. The smallest absolute Gasteiger partial charge is 0.870 e. The number of ketones is 2. The fourth-order valence-corrected chi connectivity index (χ4v) is 6.32. The van der Waals surface area contributed by atoms with Crippen molar-refractivity contribution in [2.75, 3.05) is 28.2 Å². The van der Waals surface area contributed by atoms with E-state index in [9.17, 15) is 28.0 Å². The number of benzene rings is 4. The number of nitrogens with zero attached hydrogens (tertiary/aromatic N) is 2. The Labute approximate surface area is 366 Å². The summed E-state index contributed by atoms with van der Waals surface area (Å²) in [6.45, 7) is 7.26. The summed E-state index contributed by atoms with van der Waals surface area (Å²) in [5, 5.41) is 18.7. The fourth-order valence-electron chi connectivity index (χ4n) is 5.95. The summed E-state index contributed by atoms with van der Waals surface area (Å²) in [4.78, 5) is 50.8. The molecule has 4 atom stereocenters. The van der Waals surface area contributed by atoms with E-state index >= 15 is 0 Å². The molecule has 0 aliphatic heterocycles. The van der Waals surface area contributed by atoms with Gasteiger partial charge in [0.2, 0.25) is 0 Å². The van der Waals surface area contributed by atoms with E-state index in [2.05, 4.69) is 15.9 Å². The van der Waals surface area contributed by atoms with Gasteiger partial charge in [0.25, 0.3) is 0 Å². The summed E-state index contributed by atoms with van der Waals surface area (Å²) in [5.74, 6) is -3.36. The molecular formula is C44H54BrF2N2NaO7. The van der Waals surface area contributed by atoms with Crippen molar-refractivity contribution >= 4 is 39.4 Å². The number of carboxylic acid groups (broad SMARTS) is 2. The van der Waals surface area contributed by atoms with Crippen molar-refractivity contribution in [2.45, 2.75) is 75.7 Å². The predicted molar refractivity (Wildman–Crippen MR) is 219 cm³/mol. The number of likely N-dealkylation sites (N-methyl/N-ethyl adjacent to an activating group) is 2. The zero-order valence-electron chi connectivity index (χ0n) is 34.3. The number of carbonyl (C=O) groups excluding carboxylic acids is 2. The van der Waals surface area contributed by atoms with Crippen LogP contribution in [0.25, 0.3) is 0 Å². The SMILES string of the molecule is CC(C(=O)O)c1ccc(CBr)cc1.CCC(C(=O)c1ccc(F)cc1)N(C)C.CCC(Cc1ccc(C(C)C(=O)O)cc1)(C(=O)c1ccc(F)cc1)N(C)C.[Na+].[OH-]. The van der Waals surface area contributed by atoms with Gasteiger partial charge in [0.15, 0.2) is 11.6 Å². The number of aliphatic carboxylic acids is 2. The Hall–Kier alpha value is -3.62. The molecule has 4 aromatic rings. The monoisotopic (exact) mass is 862 g/mol. The van der Waals surface area contributed by atoms with Crippen LogP contribution in [0.15, 0.2) is 97.1 Å². The minimum absolute atomic E-state index is 0. The number of hydrogen-bond acceptors (Lipinski definition) is 7. The Morgan fingerprint density at radius 1 is 0.667 bits per heavy atom. The van der Waals surface area contributed by atoms with Gasteiger partial charge in [-0.3, -0.25) is 29.0 Å². The number of carbonyl (C=O) groups is 4. The number of Topliss-reactive ketones (excluding diaryl/α,β-unsaturated/α-hetero) is 2. The summed E-state index contributed by atoms with van der Waals surface area (Å²) in [6.07, 6.45) is 1.82. The maximum Gasteiger partial charge on any atom is 1.00 e. The molecule has 0 fully saturated rings. The van der Waals surface area contributed by atoms with Crippen molar-refractivity contribution in [3.63, 3.8) is 0 Å². The quantitative estimate of drug-likeness (QED) is 0.0824. The second kappa shape index (κ2) is 25.7. The third-order valence-electron chi connectivity index (χ3n) is 9.76. The van der Waals surface area contributed by atoms with E-state index in [-0.39, 0.29) is 64.3 Å². The number of alkyl halides is 1. The molecule has 0 radical (unpaired) electrons. The van der Waals surface area contributed by atoms with Crippen LogP contribution in [0.1, 0.15) is 95.3 Å². The largest absolute Gasteiger partial charge is 1.00 e. The van der Waals surface area contributed by atoms with Crippen molar-refractivity contribution in [2.24, 2.45) is 0 Å². The molecule has 0 aliphatic rings. The van der Waals surface area contributed by atoms with E-state index in [4.69, 9.17) is 10.2 Å². The third kappa shape index (κ3) is 15.6. The van der Waals surface area contributed by atoms with Crippen LogP contribution in [0.4, 0.5) is 8.78 Å². The molecule has 0 bridgehead atoms. The average Bonchev–Trinajstić information content (AvgIpc) is 3.17. The van der Waals surface area contributed by atoms with Crippen LogP contribution >= 0.6 is 15.9 Å². The number of hydrogen-bond donors (Lipinski definition) is 2. The standard InChI is InChI=1S/C22H26FNO3.C12H16FNO.C10H11BrO2.Na.H2O/c1-5-22(24(3)4,20(25)18-10-12-19(23)13-11-18)14-16-6-8-17(9-7-16)15(2)21(26)27;1-4-11(14(2)3)12(15)9-5-7-10(13)8-6-9;1-7(10(12)13)9-4-2-8(6-11)3-5-9;;/h6-13,15H,5,14H2,1-4H3,(H,26,27);5-8,11H,4H2,1-3H3;2-5,7H,6H2,1H3,(H,12,13);;1H2/q;;;+1;/p-1. The molecule has 9 nitrogen and oxygen atoms in total. The molecule has 0 amide bonds. The van der Waals surface area contributed by atoms with Crippen molar-refractivity contribution in [3.8, 4) is 0 Å². The second-order valence-electron chi connectivity index (χ2n) is 13.8. The van der Waals surface area contributed by atoms with Crippen LogP contribution in [0, 0.1) is 11.6 Å². The summed E-state index contributed by atoms with van der Waals surface area (Å²) in [6, 6.07) is 26.1. The third-order valence-corrected chi connectivity index (χ3v) is 10.4. The topological polar surface area (TPSA) is 145 Å². The van der Waals surface area contributed by atoms with E-state index in [1.165, 1.54) is 48.5 Å². The predicted octanol–water partition coefficient (Wildman–Crippen LogP) is 6.10. The Kier molecular flexibility index (Phi) is 24.0. The van der Waals surface area contributed by atoms with Crippen LogP contribution < -0.4 is 29.6 Å². The summed E-state index contributed by atoms with van der Waals surface area (Å²) in [7, 11) is 7.47. The van der Waals surface area contributed by atoms with Crippen LogP contribution in [0.5, 0.6) is 0 Å². The molecule has 57 heavy (non-hydrogen) atoms. The molecule has 0 saturated carbocycles. The Morgan fingerprint density at radius 3 is 1.37 bits per heavy atom. The van der Waals surface area contributed by atoms with Crippen molar-refractivity contribution in [1.82, 2.24) is 9.80 Å². The van der Waals surface area contributed by atoms with Gasteiger partial charge in [0, 0.05) is 16.5 Å². The molecule has 0 saturated heterocycles. The molecule has 0 aliphatic carbocycles. The first-order valence-corrected chi connectivity index (χ1v) is 19.2. The van der Waals surface area contributed by atoms with Crippen LogP contribution in [-0.2, 0) is 21.3 Å². The minimum atomic E-state index is -0.870. The summed E-state index contributed by atoms with van der Waals surface area (Å²) < 4.78 is 25.9. The van der Waals surface area contributed by atoms with Crippen LogP contribution in [0.2, 0.25) is 0 Å². The van der Waals surface area contributed by atoms with Gasteiger partial charge in [-0.15, -0.1) is 0 Å². The van der Waals surface area contributed by atoms with Crippen LogP contribution in [0.3, 0.4) is 0 Å². The number of rotatable bonds is 15. The Bertz CT molecular complexity index is 1840. The molecule has 0 spiro atoms. The fraction of sp³-hybridized carbons (Fsp3) is 0.364. The second-order valence-corrected chi connectivity index (χ2v) is 14.3. The first kappa shape index (κ1) is 53.4. The summed E-state index contributed by atoms with van der Waals surface area (Å²) in [5.41, 5.74) is 3.95. The van der Waals surface area contributed by atoms with E-state index in [0.717, 1.165) is 34.0 Å². The van der Waals surface area contributed by atoms with E-state index in [1.54, 1.807) is 26.0 Å². The molecule has 4 aromatic carbocycles. The van der Waals surface area contributed by atoms with Gasteiger partial charge in [-0.05, 0) is 132 Å². The molecular weight excluding hydrogens is 809 g/mol. The van der Waals surface area contributed by atoms with Gasteiger partial charge in [-0.25, -0.2) is 8.78 Å². The van der Waals surface area contributed by atoms with Gasteiger partial charge in [0.05, 0.1) is 23.4 Å². The number of halogens is 3. The van der Waals surface area contributed by atoms with Gasteiger partial charge in [-0.2, -0.15) is 0 Å². The first-order valence-electron chi connectivity index (χ1n) is 18.0. The first-order chi connectivity index (χ1) is 25.9. The Balaban J connectivity index is 0.000000888. The molecule has 4 unspecified atom stereocenters. The van der Waals surface area contributed by atoms with E-state index in [0.29, 0.717) is 24.0 Å². The molecule has 0 aromatic heterocycles. The van der Waals surface area contributed by atoms with Crippen molar-refractivity contribution in [3.05, 3.63) is 142 Å². The van der Waals surface area contributed by atoms with Gasteiger partial charge in [0.1, 0.15) is 11.6 Å². The molecule has 0 heterocycles. The maximum atomic E-state index is 13.3. The molecule has 3 N–H and O–H groups in total. The molecule has 4 rings (SSSR count). The molecule has 13 heteroatoms. The van der Waals surface area contributed by atoms with Crippen LogP contribution in [-0.4, -0.2) is 88.8 Å². The van der Waals surface area contributed by atoms with Gasteiger partial charge >= 0.3 is 41.5 Å². The van der Waals surface area contributed by atoms with Crippen molar-refractivity contribution < 1.29 is 73.2 Å². The zero-order chi connectivity index (χ0) is 41.5. The normalized spacial score (nSPS) is 13.1. The average molecular weight is 864 g/mol. The minimum Gasteiger partial charge on any atom is -0.870 e. The van der Waals surface area contributed by atoms with Crippen molar-refractivity contribution in [1.29, 1.82) is 0 Å². The maximum absolute atomic E-state index is 13.3. The number of carboxylic acids is 2. The van der Waals surface area contributed by atoms with Gasteiger partial charge < -0.3 is 15.7 Å². The zero-order valence-corrected chi connectivity index (χ0v) is 37.9. The Morgan fingerprint density at radius 2 is 1.05 bits per heavy atom. The van der Waals surface area contributed by atoms with E-state index in [1.807, 2.05) is 88.2 Å². The summed E-state index contributed by atoms with van der Waals surface area (Å²) >= 11 is 3.33.